The van der Waals surface area contributed by atoms with Gasteiger partial charge in [-0.3, -0.25) is 9.78 Å². The third kappa shape index (κ3) is 2.84. The molecule has 0 atom stereocenters. The van der Waals surface area contributed by atoms with Crippen LogP contribution in [0.25, 0.3) is 0 Å². The zero-order valence-electron chi connectivity index (χ0n) is 9.14. The van der Waals surface area contributed by atoms with Gasteiger partial charge in [-0.15, -0.1) is 11.3 Å². The minimum absolute atomic E-state index is 0.0871. The highest BCUT2D eigenvalue weighted by Crippen LogP contribution is 2.24. The highest BCUT2D eigenvalue weighted by Gasteiger charge is 2.12. The summed E-state index contributed by atoms with van der Waals surface area (Å²) in [6.45, 7) is 2.43. The van der Waals surface area contributed by atoms with E-state index in [1.807, 2.05) is 6.92 Å². The second-order valence-corrected chi connectivity index (χ2v) is 4.99. The van der Waals surface area contributed by atoms with Crippen molar-refractivity contribution in [3.63, 3.8) is 0 Å². The van der Waals surface area contributed by atoms with Crippen LogP contribution in [-0.2, 0) is 0 Å². The number of ether oxygens (including phenoxy) is 1. The van der Waals surface area contributed by atoms with Crippen molar-refractivity contribution in [1.29, 1.82) is 0 Å². The Balaban J connectivity index is 2.27. The largest absolute Gasteiger partial charge is 0.492 e. The molecule has 2 aromatic rings. The fourth-order valence-electron chi connectivity index (χ4n) is 1.37. The summed E-state index contributed by atoms with van der Waals surface area (Å²) in [5.41, 5.74) is 0.509. The summed E-state index contributed by atoms with van der Waals surface area (Å²) < 4.78 is 5.90. The van der Waals surface area contributed by atoms with Crippen molar-refractivity contribution < 1.29 is 9.53 Å². The first-order valence-corrected chi connectivity index (χ1v) is 6.28. The molecule has 0 saturated heterocycles. The number of pyridine rings is 1. The normalized spacial score (nSPS) is 10.2. The first-order valence-electron chi connectivity index (χ1n) is 5.08. The van der Waals surface area contributed by atoms with E-state index in [1.54, 1.807) is 24.4 Å². The molecule has 2 aromatic heterocycles. The van der Waals surface area contributed by atoms with E-state index in [0.717, 1.165) is 0 Å². The Bertz CT molecular complexity index is 539. The Morgan fingerprint density at radius 1 is 1.47 bits per heavy atom. The molecule has 0 N–H and O–H groups in total. The fraction of sp³-hybridized carbons (Fsp3) is 0.167. The first-order chi connectivity index (χ1) is 8.20. The molecule has 0 bridgehead atoms. The lowest BCUT2D eigenvalue weighted by Gasteiger charge is -2.03. The minimum atomic E-state index is -0.0871. The van der Waals surface area contributed by atoms with Crippen LogP contribution in [0, 0.1) is 0 Å². The van der Waals surface area contributed by atoms with Gasteiger partial charge in [-0.05, 0) is 25.1 Å². The van der Waals surface area contributed by atoms with Crippen molar-refractivity contribution >= 4 is 28.7 Å². The summed E-state index contributed by atoms with van der Waals surface area (Å²) in [6.07, 6.45) is 3.11. The van der Waals surface area contributed by atoms with Crippen molar-refractivity contribution in [1.82, 2.24) is 4.98 Å². The first kappa shape index (κ1) is 12.1. The molecule has 0 aromatic carbocycles. The summed E-state index contributed by atoms with van der Waals surface area (Å²) in [4.78, 5) is 16.7. The summed E-state index contributed by atoms with van der Waals surface area (Å²) >= 11 is 7.06. The zero-order valence-corrected chi connectivity index (χ0v) is 10.7. The van der Waals surface area contributed by atoms with Gasteiger partial charge in [-0.25, -0.2) is 0 Å². The Morgan fingerprint density at radius 2 is 2.29 bits per heavy atom. The minimum Gasteiger partial charge on any atom is -0.492 e. The van der Waals surface area contributed by atoms with Gasteiger partial charge in [0.15, 0.2) is 0 Å². The quantitative estimate of drug-likeness (QED) is 0.797. The van der Waals surface area contributed by atoms with Crippen LogP contribution in [0.5, 0.6) is 5.75 Å². The van der Waals surface area contributed by atoms with E-state index in [4.69, 9.17) is 16.3 Å². The molecule has 2 heterocycles. The molecule has 0 fully saturated rings. The average molecular weight is 268 g/mol. The number of aromatic nitrogens is 1. The number of carbonyl (C=O) groups excluding carboxylic acids is 1. The van der Waals surface area contributed by atoms with E-state index < -0.39 is 0 Å². The number of hydrogen-bond acceptors (Lipinski definition) is 4. The molecule has 0 aliphatic rings. The van der Waals surface area contributed by atoms with Crippen molar-refractivity contribution in [2.24, 2.45) is 0 Å². The molecule has 0 unspecified atom stereocenters. The molecule has 17 heavy (non-hydrogen) atoms. The van der Waals surface area contributed by atoms with Crippen molar-refractivity contribution in [3.8, 4) is 5.75 Å². The van der Waals surface area contributed by atoms with E-state index in [1.165, 1.54) is 17.5 Å². The predicted octanol–water partition coefficient (Wildman–Crippen LogP) is 3.43. The monoisotopic (exact) mass is 267 g/mol. The van der Waals surface area contributed by atoms with Crippen molar-refractivity contribution in [3.05, 3.63) is 45.4 Å². The second kappa shape index (κ2) is 5.29. The lowest BCUT2D eigenvalue weighted by atomic mass is 10.1. The van der Waals surface area contributed by atoms with Gasteiger partial charge in [0.25, 0.3) is 0 Å². The Morgan fingerprint density at radius 3 is 2.94 bits per heavy atom. The standard InChI is InChI=1S/C12H10ClNO2S/c1-2-16-9-5-8(6-14-7-9)12(15)10-3-4-11(13)17-10/h3-7H,2H2,1H3. The second-order valence-electron chi connectivity index (χ2n) is 3.28. The summed E-state index contributed by atoms with van der Waals surface area (Å²) in [5, 5.41) is 0. The van der Waals surface area contributed by atoms with Gasteiger partial charge in [0.2, 0.25) is 5.78 Å². The maximum absolute atomic E-state index is 12.1. The van der Waals surface area contributed by atoms with Crippen LogP contribution in [0.2, 0.25) is 4.34 Å². The molecule has 0 saturated carbocycles. The molecule has 3 nitrogen and oxygen atoms in total. The summed E-state index contributed by atoms with van der Waals surface area (Å²) in [5.74, 6) is 0.511. The van der Waals surface area contributed by atoms with Crippen LogP contribution < -0.4 is 4.74 Å². The zero-order chi connectivity index (χ0) is 12.3. The van der Waals surface area contributed by atoms with Crippen LogP contribution in [0.3, 0.4) is 0 Å². The average Bonchev–Trinajstić information content (AvgIpc) is 2.76. The van der Waals surface area contributed by atoms with E-state index in [-0.39, 0.29) is 5.78 Å². The summed E-state index contributed by atoms with van der Waals surface area (Å²) in [6, 6.07) is 5.11. The Hall–Kier alpha value is -1.39. The van der Waals surface area contributed by atoms with Crippen LogP contribution in [-0.4, -0.2) is 17.4 Å². The number of ketones is 1. The molecule has 0 radical (unpaired) electrons. The third-order valence-electron chi connectivity index (χ3n) is 2.08. The smallest absolute Gasteiger partial charge is 0.204 e. The summed E-state index contributed by atoms with van der Waals surface area (Å²) in [7, 11) is 0. The van der Waals surface area contributed by atoms with Gasteiger partial charge in [0.1, 0.15) is 5.75 Å². The molecular weight excluding hydrogens is 258 g/mol. The molecule has 5 heteroatoms. The number of carbonyl (C=O) groups is 1. The molecular formula is C12H10ClNO2S. The maximum atomic E-state index is 12.1. The van der Waals surface area contributed by atoms with E-state index in [9.17, 15) is 4.79 Å². The number of nitrogens with zero attached hydrogens (tertiary/aromatic N) is 1. The van der Waals surface area contributed by atoms with Gasteiger partial charge in [0, 0.05) is 11.8 Å². The van der Waals surface area contributed by atoms with Crippen molar-refractivity contribution in [2.75, 3.05) is 6.61 Å². The molecule has 0 amide bonds. The van der Waals surface area contributed by atoms with Gasteiger partial charge >= 0.3 is 0 Å². The predicted molar refractivity (Wildman–Crippen MR) is 68.2 cm³/mol. The van der Waals surface area contributed by atoms with E-state index in [0.29, 0.717) is 27.1 Å². The lowest BCUT2D eigenvalue weighted by molar-refractivity contribution is 0.104. The lowest BCUT2D eigenvalue weighted by Crippen LogP contribution is -2.01. The third-order valence-corrected chi connectivity index (χ3v) is 3.31. The topological polar surface area (TPSA) is 39.2 Å². The molecule has 0 aliphatic carbocycles. The van der Waals surface area contributed by atoms with E-state index >= 15 is 0 Å². The van der Waals surface area contributed by atoms with Crippen molar-refractivity contribution in [2.45, 2.75) is 6.92 Å². The SMILES string of the molecule is CCOc1cncc(C(=O)c2ccc(Cl)s2)c1. The molecule has 0 spiro atoms. The molecule has 0 aliphatic heterocycles. The van der Waals surface area contributed by atoms with Crippen LogP contribution in [0.15, 0.2) is 30.6 Å². The van der Waals surface area contributed by atoms with Gasteiger partial charge in [-0.1, -0.05) is 11.6 Å². The van der Waals surface area contributed by atoms with Crippen LogP contribution in [0.4, 0.5) is 0 Å². The number of thiophene rings is 1. The number of halogens is 1. The number of hydrogen-bond donors (Lipinski definition) is 0. The van der Waals surface area contributed by atoms with E-state index in [2.05, 4.69) is 4.98 Å². The fourth-order valence-corrected chi connectivity index (χ4v) is 2.37. The maximum Gasteiger partial charge on any atom is 0.204 e. The number of rotatable bonds is 4. The van der Waals surface area contributed by atoms with Gasteiger partial charge < -0.3 is 4.74 Å². The molecule has 88 valence electrons. The Kier molecular flexibility index (Phi) is 3.76. The highest BCUT2D eigenvalue weighted by molar-refractivity contribution is 7.18. The van der Waals surface area contributed by atoms with Crippen LogP contribution >= 0.6 is 22.9 Å². The highest BCUT2D eigenvalue weighted by atomic mass is 35.5. The van der Waals surface area contributed by atoms with Gasteiger partial charge in [-0.2, -0.15) is 0 Å². The van der Waals surface area contributed by atoms with Crippen LogP contribution in [0.1, 0.15) is 22.2 Å². The molecule has 2 rings (SSSR count). The van der Waals surface area contributed by atoms with Gasteiger partial charge in [0.05, 0.1) is 22.0 Å². The Labute approximate surface area is 108 Å².